The molecule has 0 saturated carbocycles. The summed E-state index contributed by atoms with van der Waals surface area (Å²) in [5.74, 6) is 0.378. The SMILES string of the molecule is CC(C)Oc1cc2c(cc1CC(=O)c1cnn3cccnc13)CN(C1CCN(C(=O)OC(C)(C)C)CC1)C2=O. The second-order valence-corrected chi connectivity index (χ2v) is 11.5. The minimum atomic E-state index is -0.544. The molecule has 2 aromatic heterocycles. The topological polar surface area (TPSA) is 106 Å². The number of carbonyl (C=O) groups is 3. The van der Waals surface area contributed by atoms with Crippen LogP contribution in [-0.2, 0) is 17.7 Å². The maximum Gasteiger partial charge on any atom is 0.410 e. The van der Waals surface area contributed by atoms with Crippen LogP contribution in [-0.4, -0.2) is 73.0 Å². The van der Waals surface area contributed by atoms with Gasteiger partial charge in [0.2, 0.25) is 0 Å². The summed E-state index contributed by atoms with van der Waals surface area (Å²) in [7, 11) is 0. The highest BCUT2D eigenvalue weighted by atomic mass is 16.6. The third-order valence-corrected chi connectivity index (χ3v) is 6.97. The van der Waals surface area contributed by atoms with Gasteiger partial charge in [-0.25, -0.2) is 14.3 Å². The number of Topliss-reactive ketones (excluding diaryl/α,β-unsaturated/α-hetero) is 1. The van der Waals surface area contributed by atoms with Crippen molar-refractivity contribution in [1.82, 2.24) is 24.4 Å². The second kappa shape index (κ2) is 10.3. The predicted molar refractivity (Wildman–Crippen MR) is 144 cm³/mol. The Kier molecular flexibility index (Phi) is 7.05. The Morgan fingerprint density at radius 1 is 1.15 bits per heavy atom. The molecule has 39 heavy (non-hydrogen) atoms. The lowest BCUT2D eigenvalue weighted by molar-refractivity contribution is 0.0148. The number of aromatic nitrogens is 3. The van der Waals surface area contributed by atoms with E-state index in [1.165, 1.54) is 6.20 Å². The molecular weight excluding hydrogens is 498 g/mol. The number of ether oxygens (including phenoxy) is 2. The Morgan fingerprint density at radius 3 is 2.59 bits per heavy atom. The number of hydrogen-bond donors (Lipinski definition) is 0. The molecule has 0 N–H and O–H groups in total. The molecule has 0 unspecified atom stereocenters. The Labute approximate surface area is 227 Å². The molecule has 1 fully saturated rings. The molecular formula is C29H35N5O5. The third-order valence-electron chi connectivity index (χ3n) is 6.97. The van der Waals surface area contributed by atoms with Gasteiger partial charge in [-0.1, -0.05) is 0 Å². The van der Waals surface area contributed by atoms with Crippen LogP contribution < -0.4 is 4.74 Å². The zero-order chi connectivity index (χ0) is 27.9. The van der Waals surface area contributed by atoms with Crippen molar-refractivity contribution >= 4 is 23.4 Å². The van der Waals surface area contributed by atoms with Gasteiger partial charge in [0.05, 0.1) is 17.9 Å². The summed E-state index contributed by atoms with van der Waals surface area (Å²) in [6.07, 6.45) is 5.95. The number of likely N-dealkylation sites (tertiary alicyclic amines) is 1. The first kappa shape index (κ1) is 26.6. The minimum absolute atomic E-state index is 0.0213. The van der Waals surface area contributed by atoms with Gasteiger partial charge in [0, 0.05) is 55.6 Å². The number of rotatable bonds is 6. The molecule has 2 aliphatic rings. The van der Waals surface area contributed by atoms with Crippen molar-refractivity contribution in [3.63, 3.8) is 0 Å². The summed E-state index contributed by atoms with van der Waals surface area (Å²) in [5.41, 5.74) is 2.63. The first-order valence-corrected chi connectivity index (χ1v) is 13.4. The Bertz CT molecular complexity index is 1420. The summed E-state index contributed by atoms with van der Waals surface area (Å²) in [6, 6.07) is 5.49. The van der Waals surface area contributed by atoms with Crippen molar-refractivity contribution in [1.29, 1.82) is 0 Å². The number of nitrogens with zero attached hydrogens (tertiary/aromatic N) is 5. The van der Waals surface area contributed by atoms with E-state index in [2.05, 4.69) is 10.1 Å². The van der Waals surface area contributed by atoms with Crippen LogP contribution in [0.1, 0.15) is 79.3 Å². The zero-order valence-corrected chi connectivity index (χ0v) is 23.1. The molecule has 206 valence electrons. The molecule has 4 heterocycles. The van der Waals surface area contributed by atoms with Crippen LogP contribution in [0.5, 0.6) is 5.75 Å². The molecule has 5 rings (SSSR count). The standard InChI is InChI=1S/C29H35N5O5/c1-18(2)38-25-15-22-20(13-19(25)14-24(35)23-16-31-34-10-6-9-30-26(23)34)17-33(27(22)36)21-7-11-32(12-8-21)28(37)39-29(3,4)5/h6,9-10,13,15-16,18,21H,7-8,11-12,14,17H2,1-5H3. The lowest BCUT2D eigenvalue weighted by Gasteiger charge is -2.37. The van der Waals surface area contributed by atoms with E-state index in [4.69, 9.17) is 9.47 Å². The van der Waals surface area contributed by atoms with Crippen molar-refractivity contribution < 1.29 is 23.9 Å². The highest BCUT2D eigenvalue weighted by Crippen LogP contribution is 2.34. The Balaban J connectivity index is 1.33. The lowest BCUT2D eigenvalue weighted by Crippen LogP contribution is -2.48. The number of fused-ring (bicyclic) bond motifs is 2. The summed E-state index contributed by atoms with van der Waals surface area (Å²) < 4.78 is 13.1. The van der Waals surface area contributed by atoms with E-state index >= 15 is 0 Å². The van der Waals surface area contributed by atoms with Gasteiger partial charge in [0.25, 0.3) is 5.91 Å². The fraction of sp³-hybridized carbons (Fsp3) is 0.483. The number of carbonyl (C=O) groups excluding carboxylic acids is 3. The highest BCUT2D eigenvalue weighted by molar-refractivity contribution is 6.03. The van der Waals surface area contributed by atoms with Gasteiger partial charge in [0.1, 0.15) is 11.4 Å². The molecule has 1 saturated heterocycles. The number of benzene rings is 1. The van der Waals surface area contributed by atoms with E-state index in [1.54, 1.807) is 33.9 Å². The van der Waals surface area contributed by atoms with Gasteiger partial charge in [-0.05, 0) is 71.2 Å². The van der Waals surface area contributed by atoms with Crippen molar-refractivity contribution in [2.24, 2.45) is 0 Å². The van der Waals surface area contributed by atoms with E-state index in [-0.39, 0.29) is 36.4 Å². The van der Waals surface area contributed by atoms with Crippen LogP contribution >= 0.6 is 0 Å². The van der Waals surface area contributed by atoms with E-state index in [0.717, 1.165) is 11.1 Å². The number of amides is 2. The first-order valence-electron chi connectivity index (χ1n) is 13.4. The predicted octanol–water partition coefficient (Wildman–Crippen LogP) is 4.30. The van der Waals surface area contributed by atoms with E-state index in [1.807, 2.05) is 45.6 Å². The molecule has 0 bridgehead atoms. The number of piperidine rings is 1. The molecule has 0 spiro atoms. The number of hydrogen-bond acceptors (Lipinski definition) is 7. The van der Waals surface area contributed by atoms with Gasteiger partial charge in [-0.15, -0.1) is 0 Å². The first-order chi connectivity index (χ1) is 18.5. The molecule has 3 aromatic rings. The second-order valence-electron chi connectivity index (χ2n) is 11.5. The van der Waals surface area contributed by atoms with Crippen LogP contribution in [0.3, 0.4) is 0 Å². The van der Waals surface area contributed by atoms with E-state index < -0.39 is 5.60 Å². The quantitative estimate of drug-likeness (QED) is 0.435. The summed E-state index contributed by atoms with van der Waals surface area (Å²) in [4.78, 5) is 47.2. The van der Waals surface area contributed by atoms with Crippen LogP contribution in [0.2, 0.25) is 0 Å². The van der Waals surface area contributed by atoms with Crippen LogP contribution in [0.4, 0.5) is 4.79 Å². The van der Waals surface area contributed by atoms with Gasteiger partial charge in [-0.2, -0.15) is 5.10 Å². The fourth-order valence-corrected chi connectivity index (χ4v) is 5.19. The van der Waals surface area contributed by atoms with Crippen molar-refractivity contribution in [3.8, 4) is 5.75 Å². The third kappa shape index (κ3) is 5.60. The molecule has 10 nitrogen and oxygen atoms in total. The van der Waals surface area contributed by atoms with Crippen LogP contribution in [0, 0.1) is 0 Å². The highest BCUT2D eigenvalue weighted by Gasteiger charge is 2.37. The Hall–Kier alpha value is -3.95. The lowest BCUT2D eigenvalue weighted by atomic mass is 9.99. The van der Waals surface area contributed by atoms with Gasteiger partial charge in [0.15, 0.2) is 11.4 Å². The molecule has 2 aliphatic heterocycles. The molecule has 0 aliphatic carbocycles. The van der Waals surface area contributed by atoms with Crippen LogP contribution in [0.25, 0.3) is 5.65 Å². The smallest absolute Gasteiger partial charge is 0.410 e. The van der Waals surface area contributed by atoms with E-state index in [9.17, 15) is 14.4 Å². The fourth-order valence-electron chi connectivity index (χ4n) is 5.19. The molecule has 0 atom stereocenters. The largest absolute Gasteiger partial charge is 0.491 e. The summed E-state index contributed by atoms with van der Waals surface area (Å²) in [6.45, 7) is 10.9. The van der Waals surface area contributed by atoms with Gasteiger partial charge in [-0.3, -0.25) is 9.59 Å². The normalized spacial score (nSPS) is 16.2. The average molecular weight is 534 g/mol. The monoisotopic (exact) mass is 533 g/mol. The maximum absolute atomic E-state index is 13.5. The molecule has 1 aromatic carbocycles. The molecule has 10 heteroatoms. The minimum Gasteiger partial charge on any atom is -0.491 e. The van der Waals surface area contributed by atoms with E-state index in [0.29, 0.717) is 55.0 Å². The van der Waals surface area contributed by atoms with Crippen molar-refractivity contribution in [2.75, 3.05) is 13.1 Å². The molecule has 0 radical (unpaired) electrons. The summed E-state index contributed by atoms with van der Waals surface area (Å²) in [5, 5.41) is 4.23. The van der Waals surface area contributed by atoms with Gasteiger partial charge < -0.3 is 19.3 Å². The average Bonchev–Trinajstić information content (AvgIpc) is 3.44. The summed E-state index contributed by atoms with van der Waals surface area (Å²) >= 11 is 0. The molecule has 2 amide bonds. The van der Waals surface area contributed by atoms with Gasteiger partial charge >= 0.3 is 6.09 Å². The zero-order valence-electron chi connectivity index (χ0n) is 23.1. The Morgan fingerprint density at radius 2 is 1.90 bits per heavy atom. The van der Waals surface area contributed by atoms with Crippen molar-refractivity contribution in [3.05, 3.63) is 59.0 Å². The maximum atomic E-state index is 13.5. The van der Waals surface area contributed by atoms with Crippen LogP contribution in [0.15, 0.2) is 36.8 Å². The van der Waals surface area contributed by atoms with Crippen molar-refractivity contribution in [2.45, 2.75) is 78.2 Å². The number of ketones is 1.